The van der Waals surface area contributed by atoms with E-state index in [-0.39, 0.29) is 0 Å². The molecular weight excluding hydrogens is 312 g/mol. The van der Waals surface area contributed by atoms with E-state index in [0.717, 1.165) is 38.9 Å². The van der Waals surface area contributed by atoms with Crippen LogP contribution in [-0.2, 0) is 11.3 Å². The Labute approximate surface area is 147 Å². The smallest absolute Gasteiger partial charge is 0.119 e. The number of methoxy groups -OCH3 is 2. The van der Waals surface area contributed by atoms with Crippen LogP contribution in [0, 0.1) is 11.3 Å². The summed E-state index contributed by atoms with van der Waals surface area (Å²) in [5, 5.41) is 10.3. The standard InChI is InChI=1S/C21H18N2O2/c1-24-14-15-10-18(13-19(11-15)25-2)20(7-8-22)16-5-6-21-17(12-16)4-3-9-23-21/h3-7,9-13H,14H2,1-2H3/b20-7+. The Morgan fingerprint density at radius 2 is 2.00 bits per heavy atom. The number of benzene rings is 2. The minimum Gasteiger partial charge on any atom is -0.497 e. The summed E-state index contributed by atoms with van der Waals surface area (Å²) in [6.45, 7) is 0.478. The number of fused-ring (bicyclic) bond motifs is 1. The Morgan fingerprint density at radius 3 is 2.76 bits per heavy atom. The fourth-order valence-corrected chi connectivity index (χ4v) is 2.83. The number of rotatable bonds is 5. The summed E-state index contributed by atoms with van der Waals surface area (Å²) in [5.74, 6) is 0.732. The lowest BCUT2D eigenvalue weighted by molar-refractivity contribution is 0.184. The van der Waals surface area contributed by atoms with Crippen molar-refractivity contribution in [2.45, 2.75) is 6.61 Å². The number of ether oxygens (including phenoxy) is 2. The maximum absolute atomic E-state index is 9.28. The molecule has 2 aromatic carbocycles. The molecule has 0 amide bonds. The summed E-state index contributed by atoms with van der Waals surface area (Å²) >= 11 is 0. The lowest BCUT2D eigenvalue weighted by atomic mass is 9.95. The van der Waals surface area contributed by atoms with Gasteiger partial charge in [-0.1, -0.05) is 12.1 Å². The largest absolute Gasteiger partial charge is 0.497 e. The number of aromatic nitrogens is 1. The predicted octanol–water partition coefficient (Wildman–Crippen LogP) is 4.35. The van der Waals surface area contributed by atoms with E-state index in [1.165, 1.54) is 0 Å². The zero-order chi connectivity index (χ0) is 17.6. The highest BCUT2D eigenvalue weighted by molar-refractivity contribution is 5.88. The molecule has 0 fully saturated rings. The lowest BCUT2D eigenvalue weighted by Crippen LogP contribution is -1.95. The van der Waals surface area contributed by atoms with Crippen molar-refractivity contribution < 1.29 is 9.47 Å². The van der Waals surface area contributed by atoms with Crippen molar-refractivity contribution in [1.29, 1.82) is 5.26 Å². The molecule has 0 aliphatic carbocycles. The van der Waals surface area contributed by atoms with E-state index in [1.54, 1.807) is 26.5 Å². The number of nitriles is 1. The Morgan fingerprint density at radius 1 is 1.12 bits per heavy atom. The van der Waals surface area contributed by atoms with Crippen molar-refractivity contribution in [2.24, 2.45) is 0 Å². The maximum atomic E-state index is 9.28. The molecule has 4 heteroatoms. The first-order valence-corrected chi connectivity index (χ1v) is 7.87. The van der Waals surface area contributed by atoms with Crippen molar-refractivity contribution in [3.8, 4) is 11.8 Å². The van der Waals surface area contributed by atoms with Gasteiger partial charge in [0.2, 0.25) is 0 Å². The SMILES string of the molecule is COCc1cc(OC)cc(/C(=C/C#N)c2ccc3ncccc3c2)c1. The minimum atomic E-state index is 0.478. The second-order valence-corrected chi connectivity index (χ2v) is 5.60. The molecule has 0 radical (unpaired) electrons. The second-order valence-electron chi connectivity index (χ2n) is 5.60. The van der Waals surface area contributed by atoms with Gasteiger partial charge in [-0.05, 0) is 58.7 Å². The van der Waals surface area contributed by atoms with Gasteiger partial charge < -0.3 is 9.47 Å². The van der Waals surface area contributed by atoms with Crippen LogP contribution in [0.5, 0.6) is 5.75 Å². The zero-order valence-electron chi connectivity index (χ0n) is 14.2. The highest BCUT2D eigenvalue weighted by Gasteiger charge is 2.10. The third-order valence-electron chi connectivity index (χ3n) is 3.95. The molecule has 0 unspecified atom stereocenters. The van der Waals surface area contributed by atoms with E-state index >= 15 is 0 Å². The normalized spacial score (nSPS) is 11.3. The third kappa shape index (κ3) is 3.68. The summed E-state index contributed by atoms with van der Waals surface area (Å²) in [4.78, 5) is 4.35. The van der Waals surface area contributed by atoms with Crippen LogP contribution in [0.3, 0.4) is 0 Å². The van der Waals surface area contributed by atoms with Crippen LogP contribution >= 0.6 is 0 Å². The number of nitrogens with zero attached hydrogens (tertiary/aromatic N) is 2. The molecule has 0 bridgehead atoms. The summed E-state index contributed by atoms with van der Waals surface area (Å²) in [5.41, 5.74) is 4.62. The van der Waals surface area contributed by atoms with Gasteiger partial charge in [0.25, 0.3) is 0 Å². The van der Waals surface area contributed by atoms with Crippen molar-refractivity contribution in [1.82, 2.24) is 4.98 Å². The molecule has 0 aliphatic heterocycles. The van der Waals surface area contributed by atoms with Gasteiger partial charge >= 0.3 is 0 Å². The summed E-state index contributed by atoms with van der Waals surface area (Å²) in [6.07, 6.45) is 3.33. The van der Waals surface area contributed by atoms with Crippen LogP contribution in [0.2, 0.25) is 0 Å². The zero-order valence-corrected chi connectivity index (χ0v) is 14.2. The van der Waals surface area contributed by atoms with Crippen LogP contribution in [0.25, 0.3) is 16.5 Å². The van der Waals surface area contributed by atoms with Crippen LogP contribution in [0.4, 0.5) is 0 Å². The summed E-state index contributed by atoms with van der Waals surface area (Å²) in [6, 6.07) is 17.9. The van der Waals surface area contributed by atoms with E-state index in [0.29, 0.717) is 6.61 Å². The molecule has 0 aliphatic rings. The van der Waals surface area contributed by atoms with E-state index in [9.17, 15) is 5.26 Å². The van der Waals surface area contributed by atoms with Gasteiger partial charge in [-0.15, -0.1) is 0 Å². The maximum Gasteiger partial charge on any atom is 0.119 e. The third-order valence-corrected chi connectivity index (χ3v) is 3.95. The van der Waals surface area contributed by atoms with Crippen LogP contribution < -0.4 is 4.74 Å². The molecule has 25 heavy (non-hydrogen) atoms. The fourth-order valence-electron chi connectivity index (χ4n) is 2.83. The van der Waals surface area contributed by atoms with Crippen LogP contribution in [0.15, 0.2) is 60.8 Å². The Kier molecular flexibility index (Phi) is 5.08. The molecule has 3 rings (SSSR count). The molecule has 4 nitrogen and oxygen atoms in total. The molecule has 124 valence electrons. The fraction of sp³-hybridized carbons (Fsp3) is 0.143. The number of hydrogen-bond donors (Lipinski definition) is 0. The molecule has 0 saturated heterocycles. The van der Waals surface area contributed by atoms with Gasteiger partial charge in [-0.2, -0.15) is 5.26 Å². The van der Waals surface area contributed by atoms with Gasteiger partial charge in [0.1, 0.15) is 5.75 Å². The van der Waals surface area contributed by atoms with E-state index < -0.39 is 0 Å². The van der Waals surface area contributed by atoms with Crippen molar-refractivity contribution in [3.05, 3.63) is 77.5 Å². The number of allylic oxidation sites excluding steroid dienone is 1. The number of hydrogen-bond acceptors (Lipinski definition) is 4. The van der Waals surface area contributed by atoms with Gasteiger partial charge in [0.05, 0.1) is 25.3 Å². The first-order valence-electron chi connectivity index (χ1n) is 7.87. The average molecular weight is 330 g/mol. The molecular formula is C21H18N2O2. The molecule has 0 saturated carbocycles. The highest BCUT2D eigenvalue weighted by atomic mass is 16.5. The van der Waals surface area contributed by atoms with Gasteiger partial charge in [0.15, 0.2) is 0 Å². The molecule has 0 N–H and O–H groups in total. The highest BCUT2D eigenvalue weighted by Crippen LogP contribution is 2.29. The van der Waals surface area contributed by atoms with Crippen molar-refractivity contribution in [2.75, 3.05) is 14.2 Å². The Bertz CT molecular complexity index is 971. The van der Waals surface area contributed by atoms with Crippen molar-refractivity contribution >= 4 is 16.5 Å². The quantitative estimate of drug-likeness (QED) is 0.653. The molecule has 0 spiro atoms. The van der Waals surface area contributed by atoms with Crippen LogP contribution in [0.1, 0.15) is 16.7 Å². The van der Waals surface area contributed by atoms with Gasteiger partial charge in [-0.25, -0.2) is 0 Å². The van der Waals surface area contributed by atoms with Crippen LogP contribution in [-0.4, -0.2) is 19.2 Å². The molecule has 3 aromatic rings. The average Bonchev–Trinajstić information content (AvgIpc) is 2.65. The molecule has 0 atom stereocenters. The Balaban J connectivity index is 2.14. The van der Waals surface area contributed by atoms with Gasteiger partial charge in [-0.3, -0.25) is 4.98 Å². The first kappa shape index (κ1) is 16.7. The topological polar surface area (TPSA) is 55.1 Å². The minimum absolute atomic E-state index is 0.478. The predicted molar refractivity (Wildman–Crippen MR) is 98.1 cm³/mol. The van der Waals surface area contributed by atoms with Gasteiger partial charge in [0, 0.05) is 24.8 Å². The first-order chi connectivity index (χ1) is 12.2. The second kappa shape index (κ2) is 7.61. The van der Waals surface area contributed by atoms with E-state index in [4.69, 9.17) is 9.47 Å². The lowest BCUT2D eigenvalue weighted by Gasteiger charge is -2.12. The summed E-state index contributed by atoms with van der Waals surface area (Å²) < 4.78 is 10.6. The Hall–Kier alpha value is -3.16. The number of pyridine rings is 1. The monoisotopic (exact) mass is 330 g/mol. The molecule has 1 heterocycles. The van der Waals surface area contributed by atoms with Crippen molar-refractivity contribution in [3.63, 3.8) is 0 Å². The molecule has 1 aromatic heterocycles. The van der Waals surface area contributed by atoms with E-state index in [2.05, 4.69) is 11.1 Å². The van der Waals surface area contributed by atoms with E-state index in [1.807, 2.05) is 48.5 Å². The summed E-state index contributed by atoms with van der Waals surface area (Å²) in [7, 11) is 3.28.